The van der Waals surface area contributed by atoms with Crippen molar-refractivity contribution in [3.05, 3.63) is 211 Å². The Kier molecular flexibility index (Phi) is 7.88. The summed E-state index contributed by atoms with van der Waals surface area (Å²) >= 11 is 1.89. The fourth-order valence-corrected chi connectivity index (χ4v) is 11.9. The Bertz CT molecular complexity index is 3790. The summed E-state index contributed by atoms with van der Waals surface area (Å²) in [4.78, 5) is 0. The molecule has 12 aromatic rings. The first-order valence-electron chi connectivity index (χ1n) is 21.8. The molecule has 0 saturated carbocycles. The third-order valence-corrected chi connectivity index (χ3v) is 14.9. The first-order chi connectivity index (χ1) is 31.0. The average Bonchev–Trinajstić information content (AvgIpc) is 4.03. The number of hydrogen-bond acceptors (Lipinski definition) is 1. The van der Waals surface area contributed by atoms with Gasteiger partial charge in [-0.25, -0.2) is 4.68 Å². The van der Waals surface area contributed by atoms with E-state index in [1.54, 1.807) is 0 Å². The lowest BCUT2D eigenvalue weighted by molar-refractivity contribution is -0.747. The molecule has 0 N–H and O–H groups in total. The molecule has 0 saturated heterocycles. The second-order valence-electron chi connectivity index (χ2n) is 17.5. The predicted molar refractivity (Wildman–Crippen MR) is 265 cm³/mol. The Labute approximate surface area is 369 Å². The van der Waals surface area contributed by atoms with Gasteiger partial charge in [0.05, 0.1) is 11.0 Å². The number of rotatable bonds is 6. The van der Waals surface area contributed by atoms with E-state index in [1.165, 1.54) is 97.3 Å². The Morgan fingerprint density at radius 3 is 1.86 bits per heavy atom. The molecule has 1 aliphatic rings. The minimum absolute atomic E-state index is 0.113. The van der Waals surface area contributed by atoms with Gasteiger partial charge in [-0.15, -0.1) is 11.3 Å². The van der Waals surface area contributed by atoms with Gasteiger partial charge < -0.3 is 5.10 Å². The predicted octanol–water partition coefficient (Wildman–Crippen LogP) is 15.0. The molecule has 0 unspecified atom stereocenters. The van der Waals surface area contributed by atoms with E-state index >= 15 is 0 Å². The Balaban J connectivity index is 1.04. The standard InChI is InChI=1S/C59H41N3S/c1-59(2)50-24-11-9-19-43(50)46-30-29-41(45-22-14-25-51(59)57(45)46)39-27-31-53-48(33-39)49-34-40(42-21-13-23-47-44-20-10-12-26-56(44)63-58(42)47)28-32-54(49)61(53)36-62-55(38-17-7-4-8-18-38)35-52(60-62)37-15-5-3-6-16-37/h3-35H,36H2,1-2H3. The van der Waals surface area contributed by atoms with E-state index in [4.69, 9.17) is 5.10 Å². The molecule has 13 rings (SSSR count). The summed E-state index contributed by atoms with van der Waals surface area (Å²) in [6.07, 6.45) is 0. The average molecular weight is 824 g/mol. The summed E-state index contributed by atoms with van der Waals surface area (Å²) in [5.74, 6) is 0. The lowest BCUT2D eigenvalue weighted by Crippen LogP contribution is -2.42. The highest BCUT2D eigenvalue weighted by molar-refractivity contribution is 7.26. The van der Waals surface area contributed by atoms with E-state index < -0.39 is 0 Å². The van der Waals surface area contributed by atoms with Gasteiger partial charge in [0.1, 0.15) is 0 Å². The maximum absolute atomic E-state index is 5.32. The number of aromatic nitrogens is 3. The highest BCUT2D eigenvalue weighted by atomic mass is 32.1. The normalized spacial score (nSPS) is 13.1. The SMILES string of the molecule is CC1(C)c2ccccc2-c2ccc(-c3ccc4c(c3)c3cc(-c5cccc6c5sc5ccccc56)ccc3n4C[n+]3[n-]c(-c4ccccc4)cc3-c3ccccc3)c3cccc1c23. The van der Waals surface area contributed by atoms with Gasteiger partial charge in [0.15, 0.2) is 0 Å². The minimum atomic E-state index is -0.113. The molecule has 0 bridgehead atoms. The summed E-state index contributed by atoms with van der Waals surface area (Å²) in [6.45, 7) is 5.30. The lowest BCUT2D eigenvalue weighted by atomic mass is 9.68. The van der Waals surface area contributed by atoms with Crippen LogP contribution in [0.2, 0.25) is 0 Å². The maximum Gasteiger partial charge on any atom is 0.218 e. The third-order valence-electron chi connectivity index (χ3n) is 13.7. The van der Waals surface area contributed by atoms with E-state index in [0.29, 0.717) is 6.67 Å². The zero-order valence-electron chi connectivity index (χ0n) is 35.0. The van der Waals surface area contributed by atoms with Crippen molar-refractivity contribution >= 4 is 64.1 Å². The molecule has 0 atom stereocenters. The summed E-state index contributed by atoms with van der Waals surface area (Å²) in [5.41, 5.74) is 16.9. The second kappa shape index (κ2) is 13.7. The van der Waals surface area contributed by atoms with E-state index in [9.17, 15) is 0 Å². The van der Waals surface area contributed by atoms with Gasteiger partial charge in [0, 0.05) is 41.9 Å². The highest BCUT2D eigenvalue weighted by Crippen LogP contribution is 2.50. The van der Waals surface area contributed by atoms with Crippen LogP contribution in [-0.2, 0) is 12.1 Å². The molecule has 0 aliphatic heterocycles. The maximum atomic E-state index is 5.32. The molecule has 4 heteroatoms. The molecule has 0 amide bonds. The molecule has 298 valence electrons. The molecule has 3 nitrogen and oxygen atoms in total. The quantitative estimate of drug-likeness (QED) is 0.153. The van der Waals surface area contributed by atoms with Crippen LogP contribution in [0.3, 0.4) is 0 Å². The topological polar surface area (TPSA) is 22.9 Å². The summed E-state index contributed by atoms with van der Waals surface area (Å²) in [7, 11) is 0. The molecule has 3 aromatic heterocycles. The van der Waals surface area contributed by atoms with Crippen molar-refractivity contribution < 1.29 is 4.68 Å². The van der Waals surface area contributed by atoms with E-state index in [2.05, 4.69) is 223 Å². The Morgan fingerprint density at radius 1 is 0.460 bits per heavy atom. The van der Waals surface area contributed by atoms with Gasteiger partial charge in [-0.1, -0.05) is 171 Å². The van der Waals surface area contributed by atoms with Crippen LogP contribution in [0.15, 0.2) is 200 Å². The monoisotopic (exact) mass is 823 g/mol. The fourth-order valence-electron chi connectivity index (χ4n) is 10.6. The second-order valence-corrected chi connectivity index (χ2v) is 18.6. The summed E-state index contributed by atoms with van der Waals surface area (Å²) in [6, 6.07) is 73.8. The molecule has 0 fully saturated rings. The summed E-state index contributed by atoms with van der Waals surface area (Å²) in [5, 5.41) is 13.1. The number of benzene rings is 9. The fraction of sp³-hybridized carbons (Fsp3) is 0.0678. The van der Waals surface area contributed by atoms with Gasteiger partial charge in [-0.3, -0.25) is 4.57 Å². The zero-order valence-corrected chi connectivity index (χ0v) is 35.8. The molecule has 0 spiro atoms. The van der Waals surface area contributed by atoms with Crippen molar-refractivity contribution in [2.24, 2.45) is 0 Å². The molecule has 9 aromatic carbocycles. The molecule has 3 heterocycles. The molecule has 0 radical (unpaired) electrons. The van der Waals surface area contributed by atoms with Crippen LogP contribution >= 0.6 is 11.3 Å². The van der Waals surface area contributed by atoms with Crippen molar-refractivity contribution in [1.82, 2.24) is 9.67 Å². The smallest absolute Gasteiger partial charge is 0.218 e. The van der Waals surface area contributed by atoms with Crippen LogP contribution in [-0.4, -0.2) is 4.57 Å². The molecular formula is C59H41N3S. The number of fused-ring (bicyclic) bond motifs is 8. The van der Waals surface area contributed by atoms with Crippen molar-refractivity contribution in [3.8, 4) is 55.9 Å². The number of nitrogens with zero attached hydrogens (tertiary/aromatic N) is 3. The van der Waals surface area contributed by atoms with Crippen LogP contribution in [0.25, 0.3) is 109 Å². The number of hydrogen-bond donors (Lipinski definition) is 0. The van der Waals surface area contributed by atoms with Gasteiger partial charge >= 0.3 is 0 Å². The van der Waals surface area contributed by atoms with Gasteiger partial charge in [-0.05, 0) is 109 Å². The van der Waals surface area contributed by atoms with Crippen LogP contribution in [0.1, 0.15) is 25.0 Å². The van der Waals surface area contributed by atoms with Crippen LogP contribution in [0.5, 0.6) is 0 Å². The lowest BCUT2D eigenvalue weighted by Gasteiger charge is -2.35. The summed E-state index contributed by atoms with van der Waals surface area (Å²) < 4.78 is 7.29. The molecule has 1 aliphatic carbocycles. The van der Waals surface area contributed by atoms with Crippen molar-refractivity contribution in [3.63, 3.8) is 0 Å². The zero-order chi connectivity index (χ0) is 41.8. The largest absolute Gasteiger partial charge is 0.408 e. The minimum Gasteiger partial charge on any atom is -0.408 e. The van der Waals surface area contributed by atoms with E-state index in [1.807, 2.05) is 11.3 Å². The van der Waals surface area contributed by atoms with Crippen molar-refractivity contribution in [2.75, 3.05) is 0 Å². The van der Waals surface area contributed by atoms with Gasteiger partial charge in [0.2, 0.25) is 12.4 Å². The highest BCUT2D eigenvalue weighted by Gasteiger charge is 2.33. The molecule has 63 heavy (non-hydrogen) atoms. The van der Waals surface area contributed by atoms with Gasteiger partial charge in [-0.2, -0.15) is 0 Å². The van der Waals surface area contributed by atoms with Crippen LogP contribution in [0.4, 0.5) is 0 Å². The van der Waals surface area contributed by atoms with Crippen LogP contribution in [0, 0.1) is 0 Å². The van der Waals surface area contributed by atoms with Crippen LogP contribution < -0.4 is 9.78 Å². The van der Waals surface area contributed by atoms with Crippen molar-refractivity contribution in [2.45, 2.75) is 25.9 Å². The first-order valence-corrected chi connectivity index (χ1v) is 22.6. The Morgan fingerprint density at radius 2 is 1.06 bits per heavy atom. The first kappa shape index (κ1) is 36.2. The third kappa shape index (κ3) is 5.48. The van der Waals surface area contributed by atoms with Gasteiger partial charge in [0.25, 0.3) is 0 Å². The Hall–Kier alpha value is -7.53. The van der Waals surface area contributed by atoms with Crippen molar-refractivity contribution in [1.29, 1.82) is 0 Å². The molecular weight excluding hydrogens is 783 g/mol. The van der Waals surface area contributed by atoms with E-state index in [-0.39, 0.29) is 5.41 Å². The van der Waals surface area contributed by atoms with E-state index in [0.717, 1.165) is 22.5 Å². The number of thiophene rings is 1.